The van der Waals surface area contributed by atoms with Gasteiger partial charge in [0.05, 0.1) is 6.67 Å². The Labute approximate surface area is 87.5 Å². The molecule has 0 saturated heterocycles. The van der Waals surface area contributed by atoms with Gasteiger partial charge in [-0.3, -0.25) is 9.59 Å². The SMILES string of the molecule is CNC(=O)OC(C)C(=O)NCNC(C)=O. The van der Waals surface area contributed by atoms with E-state index in [0.717, 1.165) is 0 Å². The molecule has 86 valence electrons. The molecule has 0 aromatic heterocycles. The van der Waals surface area contributed by atoms with E-state index < -0.39 is 18.1 Å². The first-order valence-electron chi connectivity index (χ1n) is 4.38. The lowest BCUT2D eigenvalue weighted by atomic mass is 10.4. The van der Waals surface area contributed by atoms with Gasteiger partial charge < -0.3 is 20.7 Å². The molecular formula is C8H15N3O4. The number of amides is 3. The number of carbonyl (C=O) groups excluding carboxylic acids is 3. The lowest BCUT2D eigenvalue weighted by Gasteiger charge is -2.12. The van der Waals surface area contributed by atoms with Gasteiger partial charge in [0, 0.05) is 14.0 Å². The topological polar surface area (TPSA) is 96.5 Å². The van der Waals surface area contributed by atoms with Crippen molar-refractivity contribution in [2.45, 2.75) is 20.0 Å². The Morgan fingerprint density at radius 1 is 1.27 bits per heavy atom. The minimum atomic E-state index is -0.904. The predicted octanol–water partition coefficient (Wildman–Crippen LogP) is -1.06. The second-order valence-electron chi connectivity index (χ2n) is 2.75. The highest BCUT2D eigenvalue weighted by molar-refractivity contribution is 5.83. The molecule has 15 heavy (non-hydrogen) atoms. The van der Waals surface area contributed by atoms with Crippen LogP contribution in [0.4, 0.5) is 4.79 Å². The molecule has 0 aliphatic carbocycles. The molecule has 3 amide bonds. The average Bonchev–Trinajstić information content (AvgIpc) is 2.16. The van der Waals surface area contributed by atoms with Crippen LogP contribution in [0.1, 0.15) is 13.8 Å². The Morgan fingerprint density at radius 2 is 1.87 bits per heavy atom. The van der Waals surface area contributed by atoms with E-state index in [1.165, 1.54) is 20.9 Å². The summed E-state index contributed by atoms with van der Waals surface area (Å²) in [6, 6.07) is 0. The summed E-state index contributed by atoms with van der Waals surface area (Å²) in [4.78, 5) is 32.4. The van der Waals surface area contributed by atoms with Gasteiger partial charge in [-0.15, -0.1) is 0 Å². The first-order chi connectivity index (χ1) is 6.97. The van der Waals surface area contributed by atoms with E-state index >= 15 is 0 Å². The zero-order valence-corrected chi connectivity index (χ0v) is 8.92. The van der Waals surface area contributed by atoms with Crippen molar-refractivity contribution in [3.05, 3.63) is 0 Å². The number of carbonyl (C=O) groups is 3. The summed E-state index contributed by atoms with van der Waals surface area (Å²) in [5.74, 6) is -0.734. The summed E-state index contributed by atoms with van der Waals surface area (Å²) in [7, 11) is 1.39. The van der Waals surface area contributed by atoms with Crippen molar-refractivity contribution in [3.63, 3.8) is 0 Å². The molecule has 0 heterocycles. The zero-order chi connectivity index (χ0) is 11.8. The number of rotatable bonds is 4. The minimum Gasteiger partial charge on any atom is -0.436 e. The third kappa shape index (κ3) is 6.30. The van der Waals surface area contributed by atoms with E-state index in [1.54, 1.807) is 0 Å². The third-order valence-electron chi connectivity index (χ3n) is 1.46. The lowest BCUT2D eigenvalue weighted by molar-refractivity contribution is -0.129. The second-order valence-corrected chi connectivity index (χ2v) is 2.75. The lowest BCUT2D eigenvalue weighted by Crippen LogP contribution is -2.42. The van der Waals surface area contributed by atoms with Crippen molar-refractivity contribution >= 4 is 17.9 Å². The Hall–Kier alpha value is -1.79. The van der Waals surface area contributed by atoms with Crippen molar-refractivity contribution in [1.82, 2.24) is 16.0 Å². The largest absolute Gasteiger partial charge is 0.436 e. The molecule has 0 aliphatic heterocycles. The zero-order valence-electron chi connectivity index (χ0n) is 8.92. The number of ether oxygens (including phenoxy) is 1. The van der Waals surface area contributed by atoms with E-state index in [9.17, 15) is 14.4 Å². The van der Waals surface area contributed by atoms with Gasteiger partial charge in [-0.2, -0.15) is 0 Å². The quantitative estimate of drug-likeness (QED) is 0.523. The van der Waals surface area contributed by atoms with E-state index in [-0.39, 0.29) is 12.6 Å². The van der Waals surface area contributed by atoms with E-state index in [2.05, 4.69) is 20.7 Å². The summed E-state index contributed by atoms with van der Waals surface area (Å²) in [5, 5.41) is 6.95. The fourth-order valence-corrected chi connectivity index (χ4v) is 0.673. The van der Waals surface area contributed by atoms with Crippen LogP contribution in [0.15, 0.2) is 0 Å². The van der Waals surface area contributed by atoms with Crippen LogP contribution < -0.4 is 16.0 Å². The maximum atomic E-state index is 11.2. The van der Waals surface area contributed by atoms with E-state index in [0.29, 0.717) is 0 Å². The molecule has 7 nitrogen and oxygen atoms in total. The Morgan fingerprint density at radius 3 is 2.33 bits per heavy atom. The smallest absolute Gasteiger partial charge is 0.407 e. The van der Waals surface area contributed by atoms with Gasteiger partial charge in [0.25, 0.3) is 5.91 Å². The number of hydrogen-bond acceptors (Lipinski definition) is 4. The van der Waals surface area contributed by atoms with Crippen molar-refractivity contribution in [2.75, 3.05) is 13.7 Å². The Bertz CT molecular complexity index is 254. The van der Waals surface area contributed by atoms with Crippen LogP contribution in [0, 0.1) is 0 Å². The van der Waals surface area contributed by atoms with Crippen molar-refractivity contribution in [2.24, 2.45) is 0 Å². The monoisotopic (exact) mass is 217 g/mol. The maximum absolute atomic E-state index is 11.2. The molecule has 0 radical (unpaired) electrons. The van der Waals surface area contributed by atoms with Crippen LogP contribution in [0.5, 0.6) is 0 Å². The molecule has 0 aromatic rings. The van der Waals surface area contributed by atoms with Crippen LogP contribution in [0.2, 0.25) is 0 Å². The first kappa shape index (κ1) is 13.2. The van der Waals surface area contributed by atoms with Crippen LogP contribution in [0.3, 0.4) is 0 Å². The second kappa shape index (κ2) is 6.63. The average molecular weight is 217 g/mol. The normalized spacial score (nSPS) is 11.1. The summed E-state index contributed by atoms with van der Waals surface area (Å²) < 4.78 is 4.64. The molecule has 1 unspecified atom stereocenters. The van der Waals surface area contributed by atoms with Crippen molar-refractivity contribution < 1.29 is 19.1 Å². The van der Waals surface area contributed by atoms with Gasteiger partial charge in [-0.1, -0.05) is 0 Å². The van der Waals surface area contributed by atoms with Crippen LogP contribution in [0.25, 0.3) is 0 Å². The molecule has 0 spiro atoms. The molecule has 0 rings (SSSR count). The summed E-state index contributed by atoms with van der Waals surface area (Å²) >= 11 is 0. The highest BCUT2D eigenvalue weighted by Gasteiger charge is 2.16. The van der Waals surface area contributed by atoms with E-state index in [1.807, 2.05) is 0 Å². The van der Waals surface area contributed by atoms with Gasteiger partial charge in [0.1, 0.15) is 0 Å². The fourth-order valence-electron chi connectivity index (χ4n) is 0.673. The fraction of sp³-hybridized carbons (Fsp3) is 0.625. The minimum absolute atomic E-state index is 0.00953. The molecule has 0 saturated carbocycles. The van der Waals surface area contributed by atoms with Gasteiger partial charge in [0.2, 0.25) is 5.91 Å². The highest BCUT2D eigenvalue weighted by atomic mass is 16.6. The van der Waals surface area contributed by atoms with Crippen LogP contribution >= 0.6 is 0 Å². The van der Waals surface area contributed by atoms with Crippen molar-refractivity contribution in [1.29, 1.82) is 0 Å². The van der Waals surface area contributed by atoms with Gasteiger partial charge in [-0.25, -0.2) is 4.79 Å². The van der Waals surface area contributed by atoms with E-state index in [4.69, 9.17) is 0 Å². The molecule has 0 bridgehead atoms. The summed E-state index contributed by atoms with van der Waals surface area (Å²) in [6.07, 6.45) is -1.59. The van der Waals surface area contributed by atoms with Crippen molar-refractivity contribution in [3.8, 4) is 0 Å². The molecule has 0 fully saturated rings. The number of alkyl carbamates (subject to hydrolysis) is 1. The van der Waals surface area contributed by atoms with Gasteiger partial charge >= 0.3 is 6.09 Å². The molecule has 0 aromatic carbocycles. The van der Waals surface area contributed by atoms with Gasteiger partial charge in [0.15, 0.2) is 6.10 Å². The first-order valence-corrected chi connectivity index (χ1v) is 4.38. The third-order valence-corrected chi connectivity index (χ3v) is 1.46. The Balaban J connectivity index is 3.79. The molecule has 0 aliphatic rings. The molecule has 3 N–H and O–H groups in total. The molecule has 1 atom stereocenters. The number of hydrogen-bond donors (Lipinski definition) is 3. The van der Waals surface area contributed by atoms with Gasteiger partial charge in [-0.05, 0) is 6.92 Å². The van der Waals surface area contributed by atoms with Crippen LogP contribution in [-0.4, -0.2) is 37.7 Å². The highest BCUT2D eigenvalue weighted by Crippen LogP contribution is 1.90. The number of nitrogens with one attached hydrogen (secondary N) is 3. The van der Waals surface area contributed by atoms with Crippen LogP contribution in [-0.2, 0) is 14.3 Å². The maximum Gasteiger partial charge on any atom is 0.407 e. The summed E-state index contributed by atoms with van der Waals surface area (Å²) in [6.45, 7) is 2.77. The Kier molecular flexibility index (Phi) is 5.84. The predicted molar refractivity (Wildman–Crippen MR) is 51.8 cm³/mol. The molecule has 7 heteroatoms. The standard InChI is InChI=1S/C8H15N3O4/c1-5(15-8(14)9-3)7(13)11-4-10-6(2)12/h5H,4H2,1-3H3,(H,9,14)(H,10,12)(H,11,13). The molecular weight excluding hydrogens is 202 g/mol. The summed E-state index contributed by atoms with van der Waals surface area (Å²) in [5.41, 5.74) is 0.